The number of ether oxygens (including phenoxy) is 2. The van der Waals surface area contributed by atoms with E-state index in [0.29, 0.717) is 21.4 Å². The Morgan fingerprint density at radius 2 is 1.84 bits per heavy atom. The van der Waals surface area contributed by atoms with Crippen molar-refractivity contribution in [2.24, 2.45) is 7.05 Å². The molecule has 1 atom stereocenters. The quantitative estimate of drug-likeness (QED) is 0.263. The third-order valence-corrected chi connectivity index (χ3v) is 8.24. The number of nitrogens with zero attached hydrogens (tertiary/aromatic N) is 3. The number of hydrogen-bond acceptors (Lipinski definition) is 11. The van der Waals surface area contributed by atoms with E-state index in [4.69, 9.17) is 9.47 Å². The van der Waals surface area contributed by atoms with Crippen LogP contribution in [0.5, 0.6) is 0 Å². The van der Waals surface area contributed by atoms with Gasteiger partial charge in [0, 0.05) is 7.05 Å². The average Bonchev–Trinajstić information content (AvgIpc) is 3.58. The monoisotopic (exact) mass is 565 g/mol. The Balaban J connectivity index is 1.70. The van der Waals surface area contributed by atoms with E-state index in [9.17, 15) is 19.2 Å². The second-order valence-electron chi connectivity index (χ2n) is 7.57. The van der Waals surface area contributed by atoms with Gasteiger partial charge in [-0.05, 0) is 44.7 Å². The first-order chi connectivity index (χ1) is 17.7. The van der Waals surface area contributed by atoms with Crippen LogP contribution in [0.15, 0.2) is 22.7 Å². The van der Waals surface area contributed by atoms with Crippen molar-refractivity contribution in [1.82, 2.24) is 20.1 Å². The van der Waals surface area contributed by atoms with Crippen LogP contribution in [-0.4, -0.2) is 57.0 Å². The standard InChI is InChI=1S/C23H27N5O6S3/c1-6-33-21(31)16-12(3)17(22(32)34-7-2)37-20(16)25-18(29)13(4)36-23-27-26-15(28(23)5)11-24-19(30)14-9-8-10-35-14/h8-10,13H,6-7,11H2,1-5H3,(H,24,30)(H,25,29)/t13-/m1/s1. The van der Waals surface area contributed by atoms with E-state index >= 15 is 0 Å². The van der Waals surface area contributed by atoms with E-state index < -0.39 is 23.1 Å². The highest BCUT2D eigenvalue weighted by Gasteiger charge is 2.29. The number of carbonyl (C=O) groups excluding carboxylic acids is 4. The second kappa shape index (κ2) is 12.8. The molecule has 0 unspecified atom stereocenters. The van der Waals surface area contributed by atoms with Crippen LogP contribution >= 0.6 is 34.4 Å². The number of aromatic nitrogens is 3. The summed E-state index contributed by atoms with van der Waals surface area (Å²) in [5, 5.41) is 15.7. The largest absolute Gasteiger partial charge is 0.462 e. The summed E-state index contributed by atoms with van der Waals surface area (Å²) in [6, 6.07) is 3.53. The molecule has 2 N–H and O–H groups in total. The van der Waals surface area contributed by atoms with E-state index in [2.05, 4.69) is 20.8 Å². The van der Waals surface area contributed by atoms with Crippen LogP contribution in [0.2, 0.25) is 0 Å². The fraction of sp³-hybridized carbons (Fsp3) is 0.391. The highest BCUT2D eigenvalue weighted by Crippen LogP contribution is 2.35. The van der Waals surface area contributed by atoms with Crippen molar-refractivity contribution >= 4 is 63.2 Å². The predicted octanol–water partition coefficient (Wildman–Crippen LogP) is 3.65. The lowest BCUT2D eigenvalue weighted by atomic mass is 10.1. The van der Waals surface area contributed by atoms with Crippen LogP contribution in [0.3, 0.4) is 0 Å². The van der Waals surface area contributed by atoms with Crippen LogP contribution in [0, 0.1) is 6.92 Å². The summed E-state index contributed by atoms with van der Waals surface area (Å²) in [6.45, 7) is 7.15. The van der Waals surface area contributed by atoms with E-state index in [-0.39, 0.29) is 41.1 Å². The topological polar surface area (TPSA) is 142 Å². The maximum absolute atomic E-state index is 13.0. The number of thiophene rings is 2. The van der Waals surface area contributed by atoms with Gasteiger partial charge < -0.3 is 24.7 Å². The van der Waals surface area contributed by atoms with Gasteiger partial charge in [-0.15, -0.1) is 32.9 Å². The molecule has 0 radical (unpaired) electrons. The third kappa shape index (κ3) is 6.76. The van der Waals surface area contributed by atoms with Gasteiger partial charge in [0.1, 0.15) is 9.88 Å². The molecule has 198 valence electrons. The van der Waals surface area contributed by atoms with Crippen LogP contribution in [0.1, 0.15) is 61.9 Å². The van der Waals surface area contributed by atoms with Gasteiger partial charge in [0.05, 0.1) is 35.4 Å². The molecule has 0 saturated carbocycles. The van der Waals surface area contributed by atoms with Crippen molar-refractivity contribution in [3.05, 3.63) is 44.2 Å². The number of anilines is 1. The van der Waals surface area contributed by atoms with Crippen LogP contribution in [0.4, 0.5) is 5.00 Å². The summed E-state index contributed by atoms with van der Waals surface area (Å²) in [7, 11) is 1.74. The average molecular weight is 566 g/mol. The molecule has 2 amide bonds. The Morgan fingerprint density at radius 1 is 1.14 bits per heavy atom. The van der Waals surface area contributed by atoms with Crippen LogP contribution < -0.4 is 10.6 Å². The number of esters is 2. The Hall–Kier alpha value is -3.23. The second-order valence-corrected chi connectivity index (χ2v) is 10.8. The molecule has 3 heterocycles. The van der Waals surface area contributed by atoms with Gasteiger partial charge in [-0.2, -0.15) is 0 Å². The summed E-state index contributed by atoms with van der Waals surface area (Å²) in [4.78, 5) is 51.0. The molecule has 3 rings (SSSR count). The van der Waals surface area contributed by atoms with Gasteiger partial charge in [0.25, 0.3) is 5.91 Å². The van der Waals surface area contributed by atoms with Crippen molar-refractivity contribution < 1.29 is 28.7 Å². The smallest absolute Gasteiger partial charge is 0.348 e. The lowest BCUT2D eigenvalue weighted by Crippen LogP contribution is -2.24. The summed E-state index contributed by atoms with van der Waals surface area (Å²) in [6.07, 6.45) is 0. The number of hydrogen-bond donors (Lipinski definition) is 2. The lowest BCUT2D eigenvalue weighted by molar-refractivity contribution is -0.115. The van der Waals surface area contributed by atoms with E-state index in [1.165, 1.54) is 11.3 Å². The molecule has 3 aromatic heterocycles. The zero-order valence-corrected chi connectivity index (χ0v) is 23.4. The number of rotatable bonds is 11. The highest BCUT2D eigenvalue weighted by atomic mass is 32.2. The zero-order chi connectivity index (χ0) is 27.1. The first-order valence-electron chi connectivity index (χ1n) is 11.3. The fourth-order valence-corrected chi connectivity index (χ4v) is 5.69. The molecule has 0 fully saturated rings. The molecule has 0 aromatic carbocycles. The molecule has 0 spiro atoms. The molecule has 0 aliphatic heterocycles. The zero-order valence-electron chi connectivity index (χ0n) is 20.9. The van der Waals surface area contributed by atoms with Crippen molar-refractivity contribution in [1.29, 1.82) is 0 Å². The maximum Gasteiger partial charge on any atom is 0.348 e. The molecular formula is C23H27N5O6S3. The minimum Gasteiger partial charge on any atom is -0.462 e. The van der Waals surface area contributed by atoms with E-state index in [1.807, 2.05) is 5.38 Å². The van der Waals surface area contributed by atoms with Crippen molar-refractivity contribution in [3.8, 4) is 0 Å². The molecule has 11 nitrogen and oxygen atoms in total. The molecule has 14 heteroatoms. The van der Waals surface area contributed by atoms with Gasteiger partial charge in [0.2, 0.25) is 5.91 Å². The van der Waals surface area contributed by atoms with Gasteiger partial charge in [-0.25, -0.2) is 9.59 Å². The SMILES string of the molecule is CCOC(=O)c1sc(NC(=O)[C@@H](C)Sc2nnc(CNC(=O)c3cccs3)n2C)c(C(=O)OCC)c1C. The van der Waals surface area contributed by atoms with Gasteiger partial charge >= 0.3 is 11.9 Å². The van der Waals surface area contributed by atoms with Gasteiger partial charge in [0.15, 0.2) is 11.0 Å². The minimum absolute atomic E-state index is 0.128. The van der Waals surface area contributed by atoms with Gasteiger partial charge in [-0.1, -0.05) is 17.8 Å². The van der Waals surface area contributed by atoms with Crippen molar-refractivity contribution in [3.63, 3.8) is 0 Å². The van der Waals surface area contributed by atoms with Crippen LogP contribution in [0.25, 0.3) is 0 Å². The van der Waals surface area contributed by atoms with E-state index in [0.717, 1.165) is 23.1 Å². The molecule has 0 aliphatic carbocycles. The first kappa shape index (κ1) is 28.3. The van der Waals surface area contributed by atoms with Crippen molar-refractivity contribution in [2.45, 2.75) is 44.6 Å². The lowest BCUT2D eigenvalue weighted by Gasteiger charge is -2.12. The van der Waals surface area contributed by atoms with E-state index in [1.54, 1.807) is 51.4 Å². The fourth-order valence-electron chi connectivity index (χ4n) is 3.12. The van der Waals surface area contributed by atoms with Gasteiger partial charge in [-0.3, -0.25) is 9.59 Å². The molecule has 0 aliphatic rings. The van der Waals surface area contributed by atoms with Crippen molar-refractivity contribution in [2.75, 3.05) is 18.5 Å². The molecular weight excluding hydrogens is 538 g/mol. The van der Waals surface area contributed by atoms with Crippen LogP contribution in [-0.2, 0) is 27.9 Å². The predicted molar refractivity (Wildman–Crippen MR) is 141 cm³/mol. The number of carbonyl (C=O) groups is 4. The Bertz CT molecular complexity index is 1280. The first-order valence-corrected chi connectivity index (χ1v) is 13.9. The number of thioether (sulfide) groups is 1. The molecule has 0 bridgehead atoms. The summed E-state index contributed by atoms with van der Waals surface area (Å²) >= 11 is 3.47. The molecule has 3 aromatic rings. The Morgan fingerprint density at radius 3 is 2.49 bits per heavy atom. The summed E-state index contributed by atoms with van der Waals surface area (Å²) in [5.41, 5.74) is 0.517. The molecule has 0 saturated heterocycles. The number of amides is 2. The normalized spacial score (nSPS) is 11.6. The summed E-state index contributed by atoms with van der Waals surface area (Å²) in [5.74, 6) is -1.28. The Labute approximate surface area is 225 Å². The summed E-state index contributed by atoms with van der Waals surface area (Å²) < 4.78 is 11.9. The maximum atomic E-state index is 13.0. The molecule has 37 heavy (non-hydrogen) atoms. The highest BCUT2D eigenvalue weighted by molar-refractivity contribution is 8.00. The Kier molecular flexibility index (Phi) is 9.83. The number of nitrogens with one attached hydrogen (secondary N) is 2. The minimum atomic E-state index is -0.634. The third-order valence-electron chi connectivity index (χ3n) is 5.05.